The first-order valence-electron chi connectivity index (χ1n) is 7.41. The van der Waals surface area contributed by atoms with Crippen LogP contribution < -0.4 is 9.47 Å². The summed E-state index contributed by atoms with van der Waals surface area (Å²) in [4.78, 5) is 10.9. The fraction of sp³-hybridized carbons (Fsp3) is 0.316. The summed E-state index contributed by atoms with van der Waals surface area (Å²) in [7, 11) is 0. The Labute approximate surface area is 131 Å². The summed E-state index contributed by atoms with van der Waals surface area (Å²) >= 11 is 0. The standard InChI is InChI=1S/C19H22O3/c1-19(2,3)16-9-5-7-11-18(16)22-13-12-21-17-10-6-4-8-15(17)14-20/h4-11,14H,12-13H2,1-3H3. The summed E-state index contributed by atoms with van der Waals surface area (Å²) in [5, 5.41) is 0. The van der Waals surface area contributed by atoms with Crippen molar-refractivity contribution in [3.63, 3.8) is 0 Å². The molecule has 3 nitrogen and oxygen atoms in total. The Hall–Kier alpha value is -2.29. The molecule has 0 heterocycles. The van der Waals surface area contributed by atoms with E-state index in [9.17, 15) is 4.79 Å². The minimum absolute atomic E-state index is 0.0293. The molecule has 0 saturated heterocycles. The van der Waals surface area contributed by atoms with Crippen LogP contribution in [0.25, 0.3) is 0 Å². The van der Waals surface area contributed by atoms with Gasteiger partial charge in [0.2, 0.25) is 0 Å². The fourth-order valence-electron chi connectivity index (χ4n) is 2.22. The van der Waals surface area contributed by atoms with E-state index in [0.29, 0.717) is 24.5 Å². The lowest BCUT2D eigenvalue weighted by atomic mass is 9.86. The molecule has 0 aliphatic heterocycles. The van der Waals surface area contributed by atoms with Gasteiger partial charge in [-0.3, -0.25) is 4.79 Å². The first kappa shape index (κ1) is 16.1. The molecule has 0 saturated carbocycles. The minimum Gasteiger partial charge on any atom is -0.490 e. The van der Waals surface area contributed by atoms with Gasteiger partial charge in [0.15, 0.2) is 6.29 Å². The van der Waals surface area contributed by atoms with Gasteiger partial charge in [0.25, 0.3) is 0 Å². The van der Waals surface area contributed by atoms with Crippen molar-refractivity contribution in [2.24, 2.45) is 0 Å². The molecule has 0 radical (unpaired) electrons. The smallest absolute Gasteiger partial charge is 0.153 e. The van der Waals surface area contributed by atoms with Crippen LogP contribution >= 0.6 is 0 Å². The molecule has 2 aromatic carbocycles. The van der Waals surface area contributed by atoms with E-state index in [4.69, 9.17) is 9.47 Å². The number of benzene rings is 2. The third-order valence-electron chi connectivity index (χ3n) is 3.34. The van der Waals surface area contributed by atoms with Crippen LogP contribution in [0.4, 0.5) is 0 Å². The molecule has 0 aliphatic rings. The minimum atomic E-state index is 0.0293. The Morgan fingerprint density at radius 2 is 1.41 bits per heavy atom. The van der Waals surface area contributed by atoms with Crippen LogP contribution in [0.3, 0.4) is 0 Å². The molecular weight excluding hydrogens is 276 g/mol. The lowest BCUT2D eigenvalue weighted by Gasteiger charge is -2.22. The van der Waals surface area contributed by atoms with Gasteiger partial charge < -0.3 is 9.47 Å². The van der Waals surface area contributed by atoms with Gasteiger partial charge in [-0.05, 0) is 29.2 Å². The van der Waals surface area contributed by atoms with E-state index in [2.05, 4.69) is 26.8 Å². The molecule has 2 rings (SSSR count). The van der Waals surface area contributed by atoms with E-state index in [1.54, 1.807) is 12.1 Å². The molecule has 22 heavy (non-hydrogen) atoms. The maximum absolute atomic E-state index is 10.9. The summed E-state index contributed by atoms with van der Waals surface area (Å²) in [5.41, 5.74) is 1.75. The predicted octanol–water partition coefficient (Wildman–Crippen LogP) is 4.25. The molecule has 3 heteroatoms. The number of hydrogen-bond donors (Lipinski definition) is 0. The molecule has 0 atom stereocenters. The van der Waals surface area contributed by atoms with Gasteiger partial charge in [0.05, 0.1) is 5.56 Å². The van der Waals surface area contributed by atoms with Crippen molar-refractivity contribution in [2.75, 3.05) is 13.2 Å². The van der Waals surface area contributed by atoms with Crippen molar-refractivity contribution in [1.82, 2.24) is 0 Å². The first-order chi connectivity index (χ1) is 10.5. The number of aldehydes is 1. The van der Waals surface area contributed by atoms with E-state index in [1.807, 2.05) is 30.3 Å². The molecule has 0 amide bonds. The van der Waals surface area contributed by atoms with Gasteiger partial charge in [0, 0.05) is 0 Å². The Balaban J connectivity index is 1.94. The second-order valence-corrected chi connectivity index (χ2v) is 6.10. The third kappa shape index (κ3) is 4.10. The van der Waals surface area contributed by atoms with E-state index in [-0.39, 0.29) is 5.41 Å². The number of para-hydroxylation sites is 2. The second-order valence-electron chi connectivity index (χ2n) is 6.10. The van der Waals surface area contributed by atoms with Crippen LogP contribution in [-0.2, 0) is 5.41 Å². The SMILES string of the molecule is CC(C)(C)c1ccccc1OCCOc1ccccc1C=O. The third-order valence-corrected chi connectivity index (χ3v) is 3.34. The highest BCUT2D eigenvalue weighted by atomic mass is 16.5. The highest BCUT2D eigenvalue weighted by Crippen LogP contribution is 2.30. The molecule has 0 fully saturated rings. The van der Waals surface area contributed by atoms with Crippen LogP contribution in [0.5, 0.6) is 11.5 Å². The van der Waals surface area contributed by atoms with E-state index < -0.39 is 0 Å². The first-order valence-corrected chi connectivity index (χ1v) is 7.41. The number of ether oxygens (including phenoxy) is 2. The molecule has 0 bridgehead atoms. The topological polar surface area (TPSA) is 35.5 Å². The largest absolute Gasteiger partial charge is 0.490 e. The van der Waals surface area contributed by atoms with Crippen molar-refractivity contribution in [2.45, 2.75) is 26.2 Å². The summed E-state index contributed by atoms with van der Waals surface area (Å²) < 4.78 is 11.5. The predicted molar refractivity (Wildman–Crippen MR) is 88.0 cm³/mol. The van der Waals surface area contributed by atoms with Gasteiger partial charge in [-0.15, -0.1) is 0 Å². The maximum atomic E-state index is 10.9. The van der Waals surface area contributed by atoms with Crippen molar-refractivity contribution >= 4 is 6.29 Å². The fourth-order valence-corrected chi connectivity index (χ4v) is 2.22. The summed E-state index contributed by atoms with van der Waals surface area (Å²) in [6, 6.07) is 15.2. The Morgan fingerprint density at radius 3 is 2.05 bits per heavy atom. The molecule has 0 aliphatic carbocycles. The van der Waals surface area contributed by atoms with E-state index in [1.165, 1.54) is 5.56 Å². The Kier molecular flexibility index (Phi) is 5.21. The lowest BCUT2D eigenvalue weighted by molar-refractivity contribution is 0.111. The van der Waals surface area contributed by atoms with Gasteiger partial charge in [-0.2, -0.15) is 0 Å². The molecule has 0 unspecified atom stereocenters. The number of carbonyl (C=O) groups excluding carboxylic acids is 1. The second kappa shape index (κ2) is 7.12. The van der Waals surface area contributed by atoms with Crippen LogP contribution in [0.1, 0.15) is 36.7 Å². The molecule has 0 N–H and O–H groups in total. The van der Waals surface area contributed by atoms with Gasteiger partial charge in [-0.1, -0.05) is 51.1 Å². The van der Waals surface area contributed by atoms with Crippen LogP contribution in [0.15, 0.2) is 48.5 Å². The molecule has 0 aromatic heterocycles. The maximum Gasteiger partial charge on any atom is 0.153 e. The lowest BCUT2D eigenvalue weighted by Crippen LogP contribution is -2.16. The number of carbonyl (C=O) groups is 1. The Morgan fingerprint density at radius 1 is 0.864 bits per heavy atom. The normalized spacial score (nSPS) is 11.0. The molecular formula is C19H22O3. The highest BCUT2D eigenvalue weighted by Gasteiger charge is 2.18. The van der Waals surface area contributed by atoms with E-state index in [0.717, 1.165) is 12.0 Å². The quantitative estimate of drug-likeness (QED) is 0.590. The van der Waals surface area contributed by atoms with Crippen molar-refractivity contribution < 1.29 is 14.3 Å². The van der Waals surface area contributed by atoms with Crippen molar-refractivity contribution in [1.29, 1.82) is 0 Å². The van der Waals surface area contributed by atoms with Crippen LogP contribution in [0.2, 0.25) is 0 Å². The van der Waals surface area contributed by atoms with Crippen molar-refractivity contribution in [3.05, 3.63) is 59.7 Å². The highest BCUT2D eigenvalue weighted by molar-refractivity contribution is 5.79. The zero-order valence-corrected chi connectivity index (χ0v) is 13.3. The summed E-state index contributed by atoms with van der Waals surface area (Å²) in [6.45, 7) is 7.30. The average Bonchev–Trinajstić information content (AvgIpc) is 2.51. The molecule has 0 spiro atoms. The van der Waals surface area contributed by atoms with Gasteiger partial charge in [-0.25, -0.2) is 0 Å². The van der Waals surface area contributed by atoms with Crippen LogP contribution in [-0.4, -0.2) is 19.5 Å². The summed E-state index contributed by atoms with van der Waals surface area (Å²) in [6.07, 6.45) is 0.797. The molecule has 116 valence electrons. The molecule has 2 aromatic rings. The number of hydrogen-bond acceptors (Lipinski definition) is 3. The Bertz CT molecular complexity index is 627. The zero-order chi connectivity index (χ0) is 16.0. The van der Waals surface area contributed by atoms with E-state index >= 15 is 0 Å². The zero-order valence-electron chi connectivity index (χ0n) is 13.3. The number of rotatable bonds is 6. The van der Waals surface area contributed by atoms with Gasteiger partial charge >= 0.3 is 0 Å². The average molecular weight is 298 g/mol. The van der Waals surface area contributed by atoms with Crippen LogP contribution in [0, 0.1) is 0 Å². The monoisotopic (exact) mass is 298 g/mol. The van der Waals surface area contributed by atoms with Gasteiger partial charge in [0.1, 0.15) is 24.7 Å². The summed E-state index contributed by atoms with van der Waals surface area (Å²) in [5.74, 6) is 1.47. The van der Waals surface area contributed by atoms with Crippen molar-refractivity contribution in [3.8, 4) is 11.5 Å².